The van der Waals surface area contributed by atoms with E-state index >= 15 is 0 Å². The van der Waals surface area contributed by atoms with Gasteiger partial charge >= 0.3 is 5.97 Å². The Morgan fingerprint density at radius 2 is 2.00 bits per heavy atom. The largest absolute Gasteiger partial charge is 0.458 e. The summed E-state index contributed by atoms with van der Waals surface area (Å²) in [7, 11) is 0. The number of esters is 1. The second-order valence-corrected chi connectivity index (χ2v) is 6.64. The van der Waals surface area contributed by atoms with Gasteiger partial charge in [-0.1, -0.05) is 37.6 Å². The van der Waals surface area contributed by atoms with Crippen LogP contribution in [-0.2, 0) is 9.53 Å². The van der Waals surface area contributed by atoms with Crippen molar-refractivity contribution in [3.8, 4) is 0 Å². The van der Waals surface area contributed by atoms with Crippen molar-refractivity contribution < 1.29 is 14.3 Å². The van der Waals surface area contributed by atoms with Gasteiger partial charge in [0, 0.05) is 5.56 Å². The fourth-order valence-corrected chi connectivity index (χ4v) is 2.29. The molecule has 0 saturated heterocycles. The summed E-state index contributed by atoms with van der Waals surface area (Å²) in [6.07, 6.45) is 1.84. The van der Waals surface area contributed by atoms with Crippen molar-refractivity contribution in [3.63, 3.8) is 0 Å². The van der Waals surface area contributed by atoms with Crippen molar-refractivity contribution in [1.29, 1.82) is 0 Å². The lowest BCUT2D eigenvalue weighted by atomic mass is 9.89. The number of carbonyl (C=O) groups excluding carboxylic acids is 2. The van der Waals surface area contributed by atoms with Gasteiger partial charge in [0.25, 0.3) is 5.91 Å². The van der Waals surface area contributed by atoms with Gasteiger partial charge in [0.1, 0.15) is 18.0 Å². The standard InChI is InChI=1S/C19H24N2O3/c1-12(2)10-11-24-17(22)15-9-7-6-8-14(15)16-20-18(23)19(5,21-16)13(3)4/h6-10,13H,11H2,1-5H3,(H,20,21,23). The van der Waals surface area contributed by atoms with Crippen molar-refractivity contribution >= 4 is 17.7 Å². The molecule has 1 heterocycles. The number of amides is 1. The van der Waals surface area contributed by atoms with Crippen LogP contribution >= 0.6 is 0 Å². The molecule has 24 heavy (non-hydrogen) atoms. The zero-order valence-electron chi connectivity index (χ0n) is 14.8. The van der Waals surface area contributed by atoms with Gasteiger partial charge in [0.05, 0.1) is 5.56 Å². The van der Waals surface area contributed by atoms with Crippen LogP contribution in [-0.4, -0.2) is 29.9 Å². The highest BCUT2D eigenvalue weighted by Crippen LogP contribution is 2.27. The van der Waals surface area contributed by atoms with Crippen LogP contribution < -0.4 is 5.32 Å². The van der Waals surface area contributed by atoms with Crippen LogP contribution in [0.1, 0.15) is 50.5 Å². The summed E-state index contributed by atoms with van der Waals surface area (Å²) in [6, 6.07) is 7.02. The van der Waals surface area contributed by atoms with Crippen molar-refractivity contribution in [3.05, 3.63) is 47.0 Å². The lowest BCUT2D eigenvalue weighted by Gasteiger charge is -2.21. The Morgan fingerprint density at radius 1 is 1.33 bits per heavy atom. The number of carbonyl (C=O) groups is 2. The molecule has 0 radical (unpaired) electrons. The molecule has 5 nitrogen and oxygen atoms in total. The maximum Gasteiger partial charge on any atom is 0.339 e. The summed E-state index contributed by atoms with van der Waals surface area (Å²) in [6.45, 7) is 9.81. The van der Waals surface area contributed by atoms with E-state index in [2.05, 4.69) is 10.3 Å². The average molecular weight is 328 g/mol. The molecule has 1 atom stereocenters. The van der Waals surface area contributed by atoms with Crippen molar-refractivity contribution in [2.75, 3.05) is 6.61 Å². The minimum absolute atomic E-state index is 0.0479. The molecular weight excluding hydrogens is 304 g/mol. The van der Waals surface area contributed by atoms with Crippen LogP contribution in [0.3, 0.4) is 0 Å². The first kappa shape index (κ1) is 17.9. The number of hydrogen-bond acceptors (Lipinski definition) is 4. The molecule has 1 unspecified atom stereocenters. The van der Waals surface area contributed by atoms with Crippen LogP contribution in [0.4, 0.5) is 0 Å². The number of hydrogen-bond donors (Lipinski definition) is 1. The van der Waals surface area contributed by atoms with Gasteiger partial charge in [0.15, 0.2) is 0 Å². The molecule has 0 bridgehead atoms. The Balaban J connectivity index is 2.32. The van der Waals surface area contributed by atoms with Crippen molar-refractivity contribution in [1.82, 2.24) is 5.32 Å². The molecule has 0 fully saturated rings. The van der Waals surface area contributed by atoms with Gasteiger partial charge in [-0.2, -0.15) is 0 Å². The SMILES string of the molecule is CC(C)=CCOC(=O)c1ccccc1C1=NC(C)(C(C)C)C(=O)N1. The zero-order valence-corrected chi connectivity index (χ0v) is 14.8. The lowest BCUT2D eigenvalue weighted by molar-refractivity contribution is -0.124. The van der Waals surface area contributed by atoms with Crippen molar-refractivity contribution in [2.24, 2.45) is 10.9 Å². The fourth-order valence-electron chi connectivity index (χ4n) is 2.29. The molecule has 2 rings (SSSR count). The van der Waals surface area contributed by atoms with E-state index in [1.54, 1.807) is 25.1 Å². The van der Waals surface area contributed by atoms with Crippen LogP contribution in [0.5, 0.6) is 0 Å². The Morgan fingerprint density at radius 3 is 2.58 bits per heavy atom. The summed E-state index contributed by atoms with van der Waals surface area (Å²) >= 11 is 0. The van der Waals surface area contributed by atoms with Crippen LogP contribution in [0.25, 0.3) is 0 Å². The summed E-state index contributed by atoms with van der Waals surface area (Å²) in [4.78, 5) is 29.2. The number of allylic oxidation sites excluding steroid dienone is 1. The van der Waals surface area contributed by atoms with E-state index in [0.717, 1.165) is 5.57 Å². The molecule has 1 N–H and O–H groups in total. The summed E-state index contributed by atoms with van der Waals surface area (Å²) in [5.41, 5.74) is 1.23. The maximum absolute atomic E-state index is 12.4. The molecule has 1 aliphatic rings. The minimum atomic E-state index is -0.825. The average Bonchev–Trinajstić information content (AvgIpc) is 2.83. The summed E-state index contributed by atoms with van der Waals surface area (Å²) < 4.78 is 5.28. The van der Waals surface area contributed by atoms with E-state index in [1.807, 2.05) is 39.8 Å². The number of benzene rings is 1. The molecule has 1 amide bonds. The second-order valence-electron chi connectivity index (χ2n) is 6.64. The number of nitrogens with one attached hydrogen (secondary N) is 1. The first-order chi connectivity index (χ1) is 11.3. The number of amidine groups is 1. The Bertz CT molecular complexity index is 715. The Kier molecular flexibility index (Phi) is 5.22. The predicted molar refractivity (Wildman–Crippen MR) is 94.1 cm³/mol. The third-order valence-electron chi connectivity index (χ3n) is 4.27. The molecule has 0 saturated carbocycles. The molecule has 0 spiro atoms. The van der Waals surface area contributed by atoms with Gasteiger partial charge in [-0.05, 0) is 38.8 Å². The van der Waals surface area contributed by atoms with Gasteiger partial charge in [0.2, 0.25) is 0 Å². The summed E-state index contributed by atoms with van der Waals surface area (Å²) in [5, 5.41) is 2.80. The van der Waals surface area contributed by atoms with E-state index < -0.39 is 11.5 Å². The molecular formula is C19H24N2O3. The minimum Gasteiger partial charge on any atom is -0.458 e. The maximum atomic E-state index is 12.4. The highest BCUT2D eigenvalue weighted by Gasteiger charge is 2.42. The predicted octanol–water partition coefficient (Wildman–Crippen LogP) is 3.10. The van der Waals surface area contributed by atoms with E-state index in [1.165, 1.54) is 0 Å². The lowest BCUT2D eigenvalue weighted by Crippen LogP contribution is -2.41. The molecule has 1 aliphatic heterocycles. The van der Waals surface area contributed by atoms with E-state index in [9.17, 15) is 9.59 Å². The zero-order chi connectivity index (χ0) is 17.9. The molecule has 1 aromatic rings. The number of ether oxygens (including phenoxy) is 1. The Hall–Kier alpha value is -2.43. The van der Waals surface area contributed by atoms with Crippen molar-refractivity contribution in [2.45, 2.75) is 40.2 Å². The Labute approximate surface area is 142 Å². The normalized spacial score (nSPS) is 19.8. The quantitative estimate of drug-likeness (QED) is 0.667. The van der Waals surface area contributed by atoms with Crippen LogP contribution in [0.15, 0.2) is 40.9 Å². The smallest absolute Gasteiger partial charge is 0.339 e. The van der Waals surface area contributed by atoms with Gasteiger partial charge < -0.3 is 10.1 Å². The van der Waals surface area contributed by atoms with E-state index in [0.29, 0.717) is 17.0 Å². The monoisotopic (exact) mass is 328 g/mol. The first-order valence-electron chi connectivity index (χ1n) is 8.07. The second kappa shape index (κ2) is 6.99. The van der Waals surface area contributed by atoms with Crippen LogP contribution in [0.2, 0.25) is 0 Å². The molecule has 128 valence electrons. The topological polar surface area (TPSA) is 67.8 Å². The molecule has 1 aromatic carbocycles. The third kappa shape index (κ3) is 3.55. The van der Waals surface area contributed by atoms with Gasteiger partial charge in [-0.15, -0.1) is 0 Å². The third-order valence-corrected chi connectivity index (χ3v) is 4.27. The van der Waals surface area contributed by atoms with E-state index in [4.69, 9.17) is 4.74 Å². The number of aliphatic imine (C=N–C) groups is 1. The van der Waals surface area contributed by atoms with Crippen LogP contribution in [0, 0.1) is 5.92 Å². The van der Waals surface area contributed by atoms with Gasteiger partial charge in [-0.3, -0.25) is 9.79 Å². The number of rotatable bonds is 5. The highest BCUT2D eigenvalue weighted by molar-refractivity contribution is 6.18. The molecule has 5 heteroatoms. The molecule has 0 aromatic heterocycles. The number of nitrogens with zero attached hydrogens (tertiary/aromatic N) is 1. The fraction of sp³-hybridized carbons (Fsp3) is 0.421. The van der Waals surface area contributed by atoms with E-state index in [-0.39, 0.29) is 18.4 Å². The molecule has 0 aliphatic carbocycles. The van der Waals surface area contributed by atoms with Gasteiger partial charge in [-0.25, -0.2) is 4.79 Å². The summed E-state index contributed by atoms with van der Waals surface area (Å²) in [5.74, 6) is -0.115. The highest BCUT2D eigenvalue weighted by atomic mass is 16.5. The first-order valence-corrected chi connectivity index (χ1v) is 8.07.